The van der Waals surface area contributed by atoms with Crippen LogP contribution in [0.25, 0.3) is 5.69 Å². The third kappa shape index (κ3) is 3.92. The Bertz CT molecular complexity index is 985. The molecule has 0 aliphatic heterocycles. The van der Waals surface area contributed by atoms with E-state index in [1.165, 1.54) is 7.11 Å². The molecule has 5 nitrogen and oxygen atoms in total. The van der Waals surface area contributed by atoms with Crippen LogP contribution in [0, 0.1) is 13.8 Å². The van der Waals surface area contributed by atoms with Crippen LogP contribution in [0.5, 0.6) is 5.75 Å². The number of ether oxygens (including phenoxy) is 2. The molecular weight excluding hydrogens is 340 g/mol. The molecule has 0 atom stereocenters. The quantitative estimate of drug-likeness (QED) is 0.491. The van der Waals surface area contributed by atoms with Crippen LogP contribution in [0.1, 0.15) is 27.2 Å². The van der Waals surface area contributed by atoms with Crippen molar-refractivity contribution in [1.29, 1.82) is 0 Å². The average Bonchev–Trinajstić information content (AvgIpc) is 3.07. The number of hydrogen-bond donors (Lipinski definition) is 0. The van der Waals surface area contributed by atoms with Crippen LogP contribution in [0.4, 0.5) is 5.69 Å². The molecule has 1 heterocycles. The van der Waals surface area contributed by atoms with Gasteiger partial charge in [0.2, 0.25) is 0 Å². The third-order valence-corrected chi connectivity index (χ3v) is 4.45. The van der Waals surface area contributed by atoms with E-state index in [9.17, 15) is 4.79 Å². The Morgan fingerprint density at radius 1 is 1.07 bits per heavy atom. The Kier molecular flexibility index (Phi) is 5.41. The molecule has 0 bridgehead atoms. The SMILES string of the molecule is COC(=O)c1cccc(N=Cc2cc(C)n(-c3ccc(OC)cc3)c2)c1C. The molecule has 0 radical (unpaired) electrons. The van der Waals surface area contributed by atoms with Crippen molar-refractivity contribution in [3.8, 4) is 11.4 Å². The molecule has 3 rings (SSSR count). The number of esters is 1. The van der Waals surface area contributed by atoms with E-state index in [0.717, 1.165) is 33.9 Å². The Morgan fingerprint density at radius 2 is 1.81 bits per heavy atom. The van der Waals surface area contributed by atoms with Crippen LogP contribution in [-0.4, -0.2) is 31.0 Å². The zero-order chi connectivity index (χ0) is 19.4. The summed E-state index contributed by atoms with van der Waals surface area (Å²) in [6.45, 7) is 3.91. The van der Waals surface area contributed by atoms with E-state index < -0.39 is 0 Å². The number of methoxy groups -OCH3 is 2. The maximum absolute atomic E-state index is 11.8. The monoisotopic (exact) mass is 362 g/mol. The Morgan fingerprint density at radius 3 is 2.48 bits per heavy atom. The summed E-state index contributed by atoms with van der Waals surface area (Å²) in [6.07, 6.45) is 3.83. The molecule has 2 aromatic carbocycles. The van der Waals surface area contributed by atoms with Gasteiger partial charge >= 0.3 is 5.97 Å². The van der Waals surface area contributed by atoms with Gasteiger partial charge in [-0.25, -0.2) is 4.79 Å². The van der Waals surface area contributed by atoms with Gasteiger partial charge in [-0.1, -0.05) is 6.07 Å². The van der Waals surface area contributed by atoms with Gasteiger partial charge in [-0.3, -0.25) is 4.99 Å². The molecule has 5 heteroatoms. The van der Waals surface area contributed by atoms with Gasteiger partial charge in [-0.2, -0.15) is 0 Å². The van der Waals surface area contributed by atoms with E-state index in [0.29, 0.717) is 5.56 Å². The predicted molar refractivity (Wildman–Crippen MR) is 107 cm³/mol. The molecule has 0 fully saturated rings. The summed E-state index contributed by atoms with van der Waals surface area (Å²) in [6, 6.07) is 15.4. The molecule has 0 aliphatic rings. The van der Waals surface area contributed by atoms with E-state index >= 15 is 0 Å². The van der Waals surface area contributed by atoms with Crippen molar-refractivity contribution in [2.45, 2.75) is 13.8 Å². The van der Waals surface area contributed by atoms with Gasteiger partial charge in [0.25, 0.3) is 0 Å². The number of aromatic nitrogens is 1. The van der Waals surface area contributed by atoms with Gasteiger partial charge in [-0.05, 0) is 61.9 Å². The highest BCUT2D eigenvalue weighted by Crippen LogP contribution is 2.23. The molecule has 0 spiro atoms. The minimum Gasteiger partial charge on any atom is -0.497 e. The first-order valence-corrected chi connectivity index (χ1v) is 8.59. The maximum Gasteiger partial charge on any atom is 0.338 e. The lowest BCUT2D eigenvalue weighted by Gasteiger charge is -2.07. The molecule has 0 unspecified atom stereocenters. The molecule has 3 aromatic rings. The van der Waals surface area contributed by atoms with Crippen molar-refractivity contribution < 1.29 is 14.3 Å². The summed E-state index contributed by atoms with van der Waals surface area (Å²) in [5.41, 5.74) is 5.20. The second kappa shape index (κ2) is 7.91. The van der Waals surface area contributed by atoms with E-state index in [-0.39, 0.29) is 5.97 Å². The van der Waals surface area contributed by atoms with Crippen molar-refractivity contribution in [1.82, 2.24) is 4.57 Å². The fraction of sp³-hybridized carbons (Fsp3) is 0.182. The first-order valence-electron chi connectivity index (χ1n) is 8.59. The number of aliphatic imine (C=N–C) groups is 1. The Balaban J connectivity index is 1.88. The minimum absolute atomic E-state index is 0.356. The van der Waals surface area contributed by atoms with Crippen LogP contribution in [0.2, 0.25) is 0 Å². The van der Waals surface area contributed by atoms with Gasteiger partial charge in [0, 0.05) is 29.4 Å². The van der Waals surface area contributed by atoms with Crippen molar-refractivity contribution in [2.24, 2.45) is 4.99 Å². The van der Waals surface area contributed by atoms with Crippen LogP contribution < -0.4 is 4.74 Å². The van der Waals surface area contributed by atoms with E-state index in [2.05, 4.69) is 15.6 Å². The summed E-state index contributed by atoms with van der Waals surface area (Å²) in [5.74, 6) is 0.470. The minimum atomic E-state index is -0.356. The predicted octanol–water partition coefficient (Wildman–Crippen LogP) is 4.64. The van der Waals surface area contributed by atoms with E-state index in [1.807, 2.05) is 50.4 Å². The highest BCUT2D eigenvalue weighted by atomic mass is 16.5. The van der Waals surface area contributed by atoms with Crippen LogP contribution in [0.15, 0.2) is 59.7 Å². The van der Waals surface area contributed by atoms with Crippen molar-refractivity contribution in [3.05, 3.63) is 77.1 Å². The lowest BCUT2D eigenvalue weighted by atomic mass is 10.1. The highest BCUT2D eigenvalue weighted by Gasteiger charge is 2.11. The summed E-state index contributed by atoms with van der Waals surface area (Å²) in [4.78, 5) is 16.4. The molecule has 0 aliphatic carbocycles. The van der Waals surface area contributed by atoms with E-state index in [4.69, 9.17) is 9.47 Å². The molecule has 1 aromatic heterocycles. The Labute approximate surface area is 158 Å². The molecule has 138 valence electrons. The second-order valence-electron chi connectivity index (χ2n) is 6.18. The van der Waals surface area contributed by atoms with Gasteiger partial charge in [-0.15, -0.1) is 0 Å². The molecule has 0 saturated heterocycles. The van der Waals surface area contributed by atoms with Gasteiger partial charge < -0.3 is 14.0 Å². The summed E-state index contributed by atoms with van der Waals surface area (Å²) < 4.78 is 12.1. The zero-order valence-corrected chi connectivity index (χ0v) is 15.9. The number of hydrogen-bond acceptors (Lipinski definition) is 4. The number of rotatable bonds is 5. The number of benzene rings is 2. The van der Waals surface area contributed by atoms with Crippen molar-refractivity contribution >= 4 is 17.9 Å². The van der Waals surface area contributed by atoms with Gasteiger partial charge in [0.05, 0.1) is 25.5 Å². The van der Waals surface area contributed by atoms with E-state index in [1.54, 1.807) is 25.5 Å². The summed E-state index contributed by atoms with van der Waals surface area (Å²) in [5, 5.41) is 0. The standard InChI is InChI=1S/C22H22N2O3/c1-15-12-17(14-24(15)18-8-10-19(26-3)11-9-18)13-23-21-7-5-6-20(16(21)2)22(25)27-4/h5-14H,1-4H3. The smallest absolute Gasteiger partial charge is 0.338 e. The van der Waals surface area contributed by atoms with Crippen molar-refractivity contribution in [2.75, 3.05) is 14.2 Å². The lowest BCUT2D eigenvalue weighted by Crippen LogP contribution is -2.03. The van der Waals surface area contributed by atoms with Crippen LogP contribution in [0.3, 0.4) is 0 Å². The first kappa shape index (κ1) is 18.5. The van der Waals surface area contributed by atoms with Crippen LogP contribution in [-0.2, 0) is 4.74 Å². The average molecular weight is 362 g/mol. The topological polar surface area (TPSA) is 52.8 Å². The number of carbonyl (C=O) groups excluding carboxylic acids is 1. The zero-order valence-electron chi connectivity index (χ0n) is 15.9. The Hall–Kier alpha value is -3.34. The highest BCUT2D eigenvalue weighted by molar-refractivity contribution is 5.93. The summed E-state index contributed by atoms with van der Waals surface area (Å²) >= 11 is 0. The van der Waals surface area contributed by atoms with Crippen LogP contribution >= 0.6 is 0 Å². The van der Waals surface area contributed by atoms with Gasteiger partial charge in [0.1, 0.15) is 5.75 Å². The molecule has 0 saturated carbocycles. The van der Waals surface area contributed by atoms with Gasteiger partial charge in [0.15, 0.2) is 0 Å². The molecule has 0 amide bonds. The first-order chi connectivity index (χ1) is 13.0. The largest absolute Gasteiger partial charge is 0.497 e. The number of carbonyl (C=O) groups is 1. The fourth-order valence-corrected chi connectivity index (χ4v) is 2.93. The van der Waals surface area contributed by atoms with Crippen molar-refractivity contribution in [3.63, 3.8) is 0 Å². The molecule has 27 heavy (non-hydrogen) atoms. The third-order valence-electron chi connectivity index (χ3n) is 4.45. The normalized spacial score (nSPS) is 11.0. The maximum atomic E-state index is 11.8. The summed E-state index contributed by atoms with van der Waals surface area (Å²) in [7, 11) is 3.03. The number of nitrogens with zero attached hydrogens (tertiary/aromatic N) is 2. The molecular formula is C22H22N2O3. The molecule has 0 N–H and O–H groups in total. The lowest BCUT2D eigenvalue weighted by molar-refractivity contribution is 0.0600. The second-order valence-corrected chi connectivity index (χ2v) is 6.18. The number of aryl methyl sites for hydroxylation is 1. The fourth-order valence-electron chi connectivity index (χ4n) is 2.93.